The van der Waals surface area contributed by atoms with Crippen LogP contribution in [0.1, 0.15) is 43.2 Å². The summed E-state index contributed by atoms with van der Waals surface area (Å²) in [5.41, 5.74) is 1.59. The van der Waals surface area contributed by atoms with Crippen LogP contribution in [0.5, 0.6) is 0 Å². The molecule has 2 aromatic carbocycles. The molecule has 0 unspecified atom stereocenters. The lowest BCUT2D eigenvalue weighted by molar-refractivity contribution is -0.142. The highest BCUT2D eigenvalue weighted by molar-refractivity contribution is 7.98. The molecule has 3 amide bonds. The Bertz CT molecular complexity index is 1310. The van der Waals surface area contributed by atoms with Gasteiger partial charge >= 0.3 is 0 Å². The number of fused-ring (bicyclic) bond motifs is 1. The predicted molar refractivity (Wildman–Crippen MR) is 151 cm³/mol. The van der Waals surface area contributed by atoms with E-state index < -0.39 is 29.6 Å². The first-order valence-corrected chi connectivity index (χ1v) is 15.1. The van der Waals surface area contributed by atoms with E-state index in [1.807, 2.05) is 73.9 Å². The molecule has 0 aromatic heterocycles. The Balaban J connectivity index is 1.32. The van der Waals surface area contributed by atoms with Gasteiger partial charge in [-0.05, 0) is 49.8 Å². The zero-order valence-electron chi connectivity index (χ0n) is 22.4. The minimum atomic E-state index is -1.16. The first-order chi connectivity index (χ1) is 18.9. The normalized spacial score (nSPS) is 29.5. The molecule has 3 aliphatic heterocycles. The van der Waals surface area contributed by atoms with Gasteiger partial charge in [-0.15, -0.1) is 11.8 Å². The number of likely N-dealkylation sites (tertiary alicyclic amines) is 1. The Kier molecular flexibility index (Phi) is 7.02. The number of carbonyl (C=O) groups excluding carboxylic acids is 3. The summed E-state index contributed by atoms with van der Waals surface area (Å²) in [6.07, 6.45) is 10.4. The maximum atomic E-state index is 14.2. The number of ether oxygens (including phenoxy) is 1. The molecule has 2 bridgehead atoms. The molecular formula is C31H35N3O4S. The number of hydrogen-bond acceptors (Lipinski definition) is 5. The van der Waals surface area contributed by atoms with Crippen molar-refractivity contribution in [2.24, 2.45) is 11.8 Å². The third-order valence-corrected chi connectivity index (χ3v) is 9.41. The van der Waals surface area contributed by atoms with Crippen LogP contribution < -0.4 is 10.6 Å². The Morgan fingerprint density at radius 2 is 1.85 bits per heavy atom. The molecule has 8 heteroatoms. The third-order valence-electron chi connectivity index (χ3n) is 8.69. The standard InChI is InChI=1S/C31H35N3O4S/c1-19-11-13-20(14-12-19)18-34-27(29(36)32-21-7-4-3-5-8-21)31-16-15-24(38-31)25(26(31)30(34)37)28(35)33-22-9-6-10-23(17-22)39-2/h6,9-17,21,24-27H,3-5,7-8,18H2,1-2H3,(H,32,36)(H,33,35)/t24-,25-,26-,27+,31-/m0/s1. The van der Waals surface area contributed by atoms with Crippen LogP contribution in [0.2, 0.25) is 0 Å². The molecule has 6 rings (SSSR count). The summed E-state index contributed by atoms with van der Waals surface area (Å²) < 4.78 is 6.48. The van der Waals surface area contributed by atoms with Crippen molar-refractivity contribution in [3.05, 3.63) is 71.8 Å². The molecule has 7 nitrogen and oxygen atoms in total. The molecule has 1 saturated carbocycles. The number of benzene rings is 2. The molecule has 4 aliphatic rings. The van der Waals surface area contributed by atoms with Crippen LogP contribution >= 0.6 is 11.8 Å². The molecule has 3 fully saturated rings. The summed E-state index contributed by atoms with van der Waals surface area (Å²) in [5.74, 6) is -2.13. The van der Waals surface area contributed by atoms with Gasteiger partial charge in [0.2, 0.25) is 17.7 Å². The average molecular weight is 546 g/mol. The molecular weight excluding hydrogens is 510 g/mol. The quantitative estimate of drug-likeness (QED) is 0.396. The van der Waals surface area contributed by atoms with Gasteiger partial charge in [-0.3, -0.25) is 14.4 Å². The number of anilines is 1. The summed E-state index contributed by atoms with van der Waals surface area (Å²) in [7, 11) is 0. The molecule has 204 valence electrons. The number of nitrogens with zero attached hydrogens (tertiary/aromatic N) is 1. The van der Waals surface area contributed by atoms with Crippen molar-refractivity contribution in [1.82, 2.24) is 10.2 Å². The second-order valence-corrected chi connectivity index (χ2v) is 12.1. The Morgan fingerprint density at radius 1 is 1.08 bits per heavy atom. The van der Waals surface area contributed by atoms with Gasteiger partial charge in [0.1, 0.15) is 11.6 Å². The lowest BCUT2D eigenvalue weighted by Gasteiger charge is -2.34. The highest BCUT2D eigenvalue weighted by Gasteiger charge is 2.72. The van der Waals surface area contributed by atoms with E-state index in [0.717, 1.165) is 41.7 Å². The molecule has 2 saturated heterocycles. The highest BCUT2D eigenvalue weighted by atomic mass is 32.2. The zero-order chi connectivity index (χ0) is 27.1. The Hall–Kier alpha value is -3.10. The topological polar surface area (TPSA) is 87.7 Å². The van der Waals surface area contributed by atoms with E-state index in [0.29, 0.717) is 5.69 Å². The monoisotopic (exact) mass is 545 g/mol. The van der Waals surface area contributed by atoms with Crippen molar-refractivity contribution in [2.75, 3.05) is 11.6 Å². The summed E-state index contributed by atoms with van der Waals surface area (Å²) >= 11 is 1.60. The Labute approximate surface area is 233 Å². The fraction of sp³-hybridized carbons (Fsp3) is 0.452. The Morgan fingerprint density at radius 3 is 2.59 bits per heavy atom. The minimum Gasteiger partial charge on any atom is -0.359 e. The number of thioether (sulfide) groups is 1. The van der Waals surface area contributed by atoms with Crippen molar-refractivity contribution < 1.29 is 19.1 Å². The van der Waals surface area contributed by atoms with E-state index in [2.05, 4.69) is 10.6 Å². The van der Waals surface area contributed by atoms with E-state index in [4.69, 9.17) is 4.74 Å². The zero-order valence-corrected chi connectivity index (χ0v) is 23.2. The largest absolute Gasteiger partial charge is 0.359 e. The fourth-order valence-corrected chi connectivity index (χ4v) is 7.24. The lowest BCUT2D eigenvalue weighted by Crippen LogP contribution is -2.56. The van der Waals surface area contributed by atoms with Crippen LogP contribution in [0.3, 0.4) is 0 Å². The number of amides is 3. The number of hydrogen-bond donors (Lipinski definition) is 2. The fourth-order valence-electron chi connectivity index (χ4n) is 6.78. The number of carbonyl (C=O) groups is 3. The van der Waals surface area contributed by atoms with Crippen LogP contribution in [-0.4, -0.2) is 52.7 Å². The van der Waals surface area contributed by atoms with E-state index in [1.165, 1.54) is 6.42 Å². The molecule has 2 aromatic rings. The molecule has 3 heterocycles. The predicted octanol–water partition coefficient (Wildman–Crippen LogP) is 4.46. The molecule has 1 aliphatic carbocycles. The molecule has 39 heavy (non-hydrogen) atoms. The molecule has 5 atom stereocenters. The van der Waals surface area contributed by atoms with E-state index >= 15 is 0 Å². The van der Waals surface area contributed by atoms with Gasteiger partial charge < -0.3 is 20.3 Å². The maximum absolute atomic E-state index is 14.2. The van der Waals surface area contributed by atoms with Crippen molar-refractivity contribution >= 4 is 35.2 Å². The van der Waals surface area contributed by atoms with Crippen molar-refractivity contribution in [1.29, 1.82) is 0 Å². The highest BCUT2D eigenvalue weighted by Crippen LogP contribution is 2.55. The molecule has 2 N–H and O–H groups in total. The second kappa shape index (κ2) is 10.5. The number of nitrogens with one attached hydrogen (secondary N) is 2. The summed E-state index contributed by atoms with van der Waals surface area (Å²) in [4.78, 5) is 44.5. The van der Waals surface area contributed by atoms with Crippen molar-refractivity contribution in [2.45, 2.75) is 74.3 Å². The van der Waals surface area contributed by atoms with Gasteiger partial charge in [0.15, 0.2) is 0 Å². The van der Waals surface area contributed by atoms with Gasteiger partial charge in [-0.25, -0.2) is 0 Å². The SMILES string of the molecule is CSc1cccc(NC(=O)[C@H]2[C@@H]3C=C[C@]4(O3)[C@@H]2C(=O)N(Cc2ccc(C)cc2)[C@@H]4C(=O)NC2CCCCC2)c1. The first-order valence-electron chi connectivity index (χ1n) is 13.9. The summed E-state index contributed by atoms with van der Waals surface area (Å²) in [6.45, 7) is 2.30. The molecule has 1 spiro atoms. The van der Waals surface area contributed by atoms with Gasteiger partial charge in [0.05, 0.1) is 17.9 Å². The smallest absolute Gasteiger partial charge is 0.246 e. The van der Waals surface area contributed by atoms with Crippen LogP contribution in [0.4, 0.5) is 5.69 Å². The first kappa shape index (κ1) is 26.1. The average Bonchev–Trinajstić information content (AvgIpc) is 3.58. The third kappa shape index (κ3) is 4.67. The van der Waals surface area contributed by atoms with Crippen molar-refractivity contribution in [3.63, 3.8) is 0 Å². The summed E-state index contributed by atoms with van der Waals surface area (Å²) in [5, 5.41) is 6.26. The lowest BCUT2D eigenvalue weighted by atomic mass is 9.74. The van der Waals surface area contributed by atoms with E-state index in [-0.39, 0.29) is 30.3 Å². The van der Waals surface area contributed by atoms with Gasteiger partial charge in [0.25, 0.3) is 0 Å². The van der Waals surface area contributed by atoms with Crippen LogP contribution in [0, 0.1) is 18.8 Å². The minimum absolute atomic E-state index is 0.100. The number of aryl methyl sites for hydroxylation is 1. The van der Waals surface area contributed by atoms with E-state index in [9.17, 15) is 14.4 Å². The second-order valence-electron chi connectivity index (χ2n) is 11.2. The number of rotatable bonds is 7. The van der Waals surface area contributed by atoms with Crippen molar-refractivity contribution in [3.8, 4) is 0 Å². The van der Waals surface area contributed by atoms with Gasteiger partial charge in [-0.2, -0.15) is 0 Å². The van der Waals surface area contributed by atoms with Crippen LogP contribution in [-0.2, 0) is 25.7 Å². The van der Waals surface area contributed by atoms with E-state index in [1.54, 1.807) is 16.7 Å². The van der Waals surface area contributed by atoms with Crippen LogP contribution in [0.15, 0.2) is 65.6 Å². The van der Waals surface area contributed by atoms with Gasteiger partial charge in [-0.1, -0.05) is 67.3 Å². The molecule has 0 radical (unpaired) electrons. The van der Waals surface area contributed by atoms with Gasteiger partial charge in [0, 0.05) is 23.2 Å². The van der Waals surface area contributed by atoms with Crippen LogP contribution in [0.25, 0.3) is 0 Å². The maximum Gasteiger partial charge on any atom is 0.246 e. The summed E-state index contributed by atoms with van der Waals surface area (Å²) in [6, 6.07) is 14.9.